The van der Waals surface area contributed by atoms with Crippen LogP contribution >= 0.6 is 0 Å². The average molecular weight is 414 g/mol. The Morgan fingerprint density at radius 1 is 1.13 bits per heavy atom. The summed E-state index contributed by atoms with van der Waals surface area (Å²) < 4.78 is 11.8. The Morgan fingerprint density at radius 3 is 2.57 bits per heavy atom. The van der Waals surface area contributed by atoms with Crippen molar-refractivity contribution in [3.05, 3.63) is 12.2 Å². The Bertz CT molecular complexity index is 917. The SMILES string of the molecule is C=C1C[C@@]23C[C@H]4[C@@H]5[C@@]6(C)C[C@H](OC(C)=O)C[C@@]57[C@@H]2[C@H](O)[C@@H]1[C@H](OC(C)=O)[C@@H]3[C@H]7N4C6. The Morgan fingerprint density at radius 2 is 1.87 bits per heavy atom. The highest BCUT2D eigenvalue weighted by Crippen LogP contribution is 2.87. The first-order valence-corrected chi connectivity index (χ1v) is 11.6. The molecule has 3 saturated heterocycles. The molecule has 0 aromatic heterocycles. The summed E-state index contributed by atoms with van der Waals surface area (Å²) in [4.78, 5) is 26.7. The molecule has 9 rings (SSSR count). The zero-order valence-corrected chi connectivity index (χ0v) is 18.0. The first kappa shape index (κ1) is 18.2. The minimum atomic E-state index is -0.529. The van der Waals surface area contributed by atoms with Gasteiger partial charge < -0.3 is 14.6 Å². The lowest BCUT2D eigenvalue weighted by Gasteiger charge is -2.66. The number of esters is 2. The van der Waals surface area contributed by atoms with E-state index in [1.54, 1.807) is 0 Å². The molecule has 0 amide bonds. The maximum absolute atomic E-state index is 12.1. The molecular formula is C24H31NO5. The highest BCUT2D eigenvalue weighted by atomic mass is 16.5. The summed E-state index contributed by atoms with van der Waals surface area (Å²) in [6.45, 7) is 10.7. The van der Waals surface area contributed by atoms with Gasteiger partial charge in [0, 0.05) is 49.7 Å². The predicted molar refractivity (Wildman–Crippen MR) is 106 cm³/mol. The molecule has 3 heterocycles. The Kier molecular flexibility index (Phi) is 3.02. The smallest absolute Gasteiger partial charge is 0.302 e. The van der Waals surface area contributed by atoms with E-state index in [0.29, 0.717) is 18.0 Å². The molecule has 2 spiro atoms. The molecule has 1 N–H and O–H groups in total. The number of hydrogen-bond acceptors (Lipinski definition) is 6. The first-order valence-electron chi connectivity index (χ1n) is 11.6. The number of fused-ring (bicyclic) bond motifs is 1. The van der Waals surface area contributed by atoms with Crippen molar-refractivity contribution < 1.29 is 24.2 Å². The summed E-state index contributed by atoms with van der Waals surface area (Å²) in [5, 5.41) is 11.8. The third-order valence-electron chi connectivity index (χ3n) is 10.7. The maximum Gasteiger partial charge on any atom is 0.302 e. The van der Waals surface area contributed by atoms with Gasteiger partial charge in [0.2, 0.25) is 0 Å². The quantitative estimate of drug-likeness (QED) is 0.551. The van der Waals surface area contributed by atoms with Gasteiger partial charge >= 0.3 is 11.9 Å². The van der Waals surface area contributed by atoms with Crippen LogP contribution in [0.15, 0.2) is 12.2 Å². The van der Waals surface area contributed by atoms with E-state index in [4.69, 9.17) is 9.47 Å². The fraction of sp³-hybridized carbons (Fsp3) is 0.833. The van der Waals surface area contributed by atoms with Gasteiger partial charge in [0.25, 0.3) is 0 Å². The highest BCUT2D eigenvalue weighted by molar-refractivity contribution is 5.67. The zero-order chi connectivity index (χ0) is 21.0. The fourth-order valence-electron chi connectivity index (χ4n) is 11.3. The molecule has 9 fully saturated rings. The van der Waals surface area contributed by atoms with Crippen LogP contribution in [0, 0.1) is 39.9 Å². The molecule has 0 radical (unpaired) electrons. The van der Waals surface area contributed by atoms with E-state index >= 15 is 0 Å². The summed E-state index contributed by atoms with van der Waals surface area (Å²) >= 11 is 0. The molecule has 3 aliphatic heterocycles. The fourth-order valence-corrected chi connectivity index (χ4v) is 11.3. The molecule has 9 aliphatic rings. The molecule has 162 valence electrons. The lowest BCUT2D eigenvalue weighted by atomic mass is 9.39. The average Bonchev–Trinajstić information content (AvgIpc) is 3.02. The predicted octanol–water partition coefficient (Wildman–Crippen LogP) is 1.91. The number of carbonyl (C=O) groups excluding carboxylic acids is 2. The van der Waals surface area contributed by atoms with Gasteiger partial charge in [-0.1, -0.05) is 19.1 Å². The van der Waals surface area contributed by atoms with Gasteiger partial charge in [-0.25, -0.2) is 0 Å². The minimum Gasteiger partial charge on any atom is -0.463 e. The molecule has 9 bridgehead atoms. The second kappa shape index (κ2) is 4.98. The molecule has 30 heavy (non-hydrogen) atoms. The van der Waals surface area contributed by atoms with E-state index < -0.39 is 6.10 Å². The zero-order valence-electron chi connectivity index (χ0n) is 18.0. The van der Waals surface area contributed by atoms with Crippen molar-refractivity contribution in [2.75, 3.05) is 6.54 Å². The van der Waals surface area contributed by atoms with Crippen LogP contribution in [0.1, 0.15) is 46.5 Å². The van der Waals surface area contributed by atoms with E-state index in [9.17, 15) is 14.7 Å². The number of rotatable bonds is 2. The number of carbonyl (C=O) groups is 2. The molecule has 6 aliphatic carbocycles. The number of piperidine rings is 2. The maximum atomic E-state index is 12.1. The summed E-state index contributed by atoms with van der Waals surface area (Å²) in [6.07, 6.45) is 2.91. The van der Waals surface area contributed by atoms with Gasteiger partial charge in [0.1, 0.15) is 12.2 Å². The van der Waals surface area contributed by atoms with Gasteiger partial charge in [0.15, 0.2) is 0 Å². The Balaban J connectivity index is 1.43. The van der Waals surface area contributed by atoms with E-state index in [1.807, 2.05) is 0 Å². The van der Waals surface area contributed by atoms with E-state index in [1.165, 1.54) is 13.8 Å². The van der Waals surface area contributed by atoms with Crippen LogP contribution in [-0.2, 0) is 19.1 Å². The van der Waals surface area contributed by atoms with Crippen LogP contribution in [0.2, 0.25) is 0 Å². The summed E-state index contributed by atoms with van der Waals surface area (Å²) in [5.74, 6) is 0.341. The highest BCUT2D eigenvalue weighted by Gasteiger charge is 2.90. The lowest BCUT2D eigenvalue weighted by Crippen LogP contribution is -2.68. The van der Waals surface area contributed by atoms with E-state index in [0.717, 1.165) is 37.8 Å². The number of aliphatic hydroxyl groups excluding tert-OH is 1. The molecule has 6 heteroatoms. The number of nitrogens with zero attached hydrogens (tertiary/aromatic N) is 1. The largest absolute Gasteiger partial charge is 0.463 e. The monoisotopic (exact) mass is 413 g/mol. The normalized spacial score (nSPS) is 62.7. The van der Waals surface area contributed by atoms with Crippen molar-refractivity contribution in [1.29, 1.82) is 0 Å². The van der Waals surface area contributed by atoms with Crippen molar-refractivity contribution in [2.45, 2.75) is 76.9 Å². The van der Waals surface area contributed by atoms with Crippen LogP contribution in [0.5, 0.6) is 0 Å². The van der Waals surface area contributed by atoms with Crippen molar-refractivity contribution in [1.82, 2.24) is 4.90 Å². The van der Waals surface area contributed by atoms with Crippen LogP contribution < -0.4 is 0 Å². The topological polar surface area (TPSA) is 76.1 Å². The molecule has 1 unspecified atom stereocenters. The third kappa shape index (κ3) is 1.62. The van der Waals surface area contributed by atoms with Gasteiger partial charge in [-0.15, -0.1) is 0 Å². The second-order valence-corrected chi connectivity index (χ2v) is 11.9. The number of hydrogen-bond donors (Lipinski definition) is 1. The van der Waals surface area contributed by atoms with Gasteiger partial charge in [0.05, 0.1) is 6.10 Å². The summed E-state index contributed by atoms with van der Waals surface area (Å²) in [6, 6.07) is 0.855. The Labute approximate surface area is 177 Å². The Hall–Kier alpha value is -1.40. The van der Waals surface area contributed by atoms with Gasteiger partial charge in [-0.3, -0.25) is 14.5 Å². The van der Waals surface area contributed by atoms with Crippen LogP contribution in [0.3, 0.4) is 0 Å². The van der Waals surface area contributed by atoms with Gasteiger partial charge in [-0.05, 0) is 48.3 Å². The third-order valence-corrected chi connectivity index (χ3v) is 10.7. The standard InChI is InChI=1S/C24H31NO5/c1-10-5-23-8-14-19-22(4)6-13(29-11(2)26)7-24(19)20(23)17(28)15(10)18(30-12(3)27)16(23)21(24)25(14)9-22/h13-21,28H,1,5-9H2,2-4H3/t13-,14-,15+,16+,17+,18-,19+,20+,21+,22-,23-,24-/m0/s1. The van der Waals surface area contributed by atoms with Crippen LogP contribution in [0.4, 0.5) is 0 Å². The van der Waals surface area contributed by atoms with Crippen molar-refractivity contribution >= 4 is 11.9 Å². The minimum absolute atomic E-state index is 0.0307. The van der Waals surface area contributed by atoms with Crippen molar-refractivity contribution in [3.63, 3.8) is 0 Å². The molecule has 0 aromatic rings. The van der Waals surface area contributed by atoms with Crippen LogP contribution in [0.25, 0.3) is 0 Å². The number of ether oxygens (including phenoxy) is 2. The summed E-state index contributed by atoms with van der Waals surface area (Å²) in [5.41, 5.74) is 1.10. The lowest BCUT2D eigenvalue weighted by molar-refractivity contribution is -0.223. The van der Waals surface area contributed by atoms with E-state index in [2.05, 4.69) is 18.4 Å². The molecule has 6 saturated carbocycles. The van der Waals surface area contributed by atoms with Crippen LogP contribution in [-0.4, -0.2) is 58.9 Å². The van der Waals surface area contributed by atoms with Crippen molar-refractivity contribution in [2.24, 2.45) is 39.9 Å². The molecule has 6 nitrogen and oxygen atoms in total. The second-order valence-electron chi connectivity index (χ2n) is 11.9. The van der Waals surface area contributed by atoms with E-state index in [-0.39, 0.29) is 58.1 Å². The molecule has 0 aromatic carbocycles. The first-order chi connectivity index (χ1) is 14.1. The van der Waals surface area contributed by atoms with Gasteiger partial charge in [-0.2, -0.15) is 0 Å². The van der Waals surface area contributed by atoms with Crippen molar-refractivity contribution in [3.8, 4) is 0 Å². The molecule has 13 atom stereocenters. The molecular weight excluding hydrogens is 382 g/mol. The number of aliphatic hydroxyl groups is 1. The summed E-state index contributed by atoms with van der Waals surface area (Å²) in [7, 11) is 0.